The Bertz CT molecular complexity index is 753. The number of nitrogens with one attached hydrogen (secondary N) is 1. The third-order valence-corrected chi connectivity index (χ3v) is 4.21. The number of carbonyl (C=O) groups is 1. The van der Waals surface area contributed by atoms with Gasteiger partial charge in [0.25, 0.3) is 0 Å². The average molecular weight is 325 g/mol. The Morgan fingerprint density at radius 1 is 1.29 bits per heavy atom. The number of aryl methyl sites for hydroxylation is 2. The smallest absolute Gasteiger partial charge is 0.243 e. The largest absolute Gasteiger partial charge is 0.487 e. The Morgan fingerprint density at radius 3 is 2.71 bits per heavy atom. The van der Waals surface area contributed by atoms with Gasteiger partial charge >= 0.3 is 0 Å². The summed E-state index contributed by atoms with van der Waals surface area (Å²) in [6.07, 6.45) is 0.00676. The average Bonchev–Trinajstić information content (AvgIpc) is 2.50. The van der Waals surface area contributed by atoms with Crippen LogP contribution in [0.1, 0.15) is 18.1 Å². The van der Waals surface area contributed by atoms with E-state index in [0.29, 0.717) is 12.2 Å². The lowest BCUT2D eigenvalue weighted by atomic mass is 10.1. The second-order valence-electron chi connectivity index (χ2n) is 6.35. The molecule has 0 spiro atoms. The van der Waals surface area contributed by atoms with Gasteiger partial charge in [-0.15, -0.1) is 0 Å². The summed E-state index contributed by atoms with van der Waals surface area (Å²) < 4.78 is 5.83. The van der Waals surface area contributed by atoms with Gasteiger partial charge in [-0.2, -0.15) is 0 Å². The summed E-state index contributed by atoms with van der Waals surface area (Å²) in [6.45, 7) is 6.92. The van der Waals surface area contributed by atoms with Gasteiger partial charge in [0.1, 0.15) is 11.9 Å². The van der Waals surface area contributed by atoms with Crippen LogP contribution in [-0.2, 0) is 4.79 Å². The van der Waals surface area contributed by atoms with Crippen molar-refractivity contribution in [2.45, 2.75) is 26.9 Å². The van der Waals surface area contributed by atoms with Gasteiger partial charge in [-0.1, -0.05) is 18.2 Å². The molecule has 126 valence electrons. The van der Waals surface area contributed by atoms with Gasteiger partial charge in [0.15, 0.2) is 0 Å². The molecule has 1 heterocycles. The molecule has 0 saturated heterocycles. The highest BCUT2D eigenvalue weighted by atomic mass is 16.5. The summed E-state index contributed by atoms with van der Waals surface area (Å²) >= 11 is 0. The first-order chi connectivity index (χ1) is 11.4. The molecule has 1 amide bonds. The number of hydrogen-bond acceptors (Lipinski definition) is 4. The molecule has 2 aromatic rings. The first-order valence-corrected chi connectivity index (χ1v) is 8.11. The van der Waals surface area contributed by atoms with E-state index >= 15 is 0 Å². The SMILES string of the molecule is Cc1cccc(C)c1NC(=O)CN1CC(C)Oc2cc(N)ccc21. The first kappa shape index (κ1) is 16.2. The first-order valence-electron chi connectivity index (χ1n) is 8.11. The highest BCUT2D eigenvalue weighted by Crippen LogP contribution is 2.35. The minimum atomic E-state index is -0.0377. The molecule has 3 rings (SSSR count). The zero-order valence-electron chi connectivity index (χ0n) is 14.3. The summed E-state index contributed by atoms with van der Waals surface area (Å²) in [5, 5.41) is 3.04. The predicted molar refractivity (Wildman–Crippen MR) is 97.7 cm³/mol. The predicted octanol–water partition coefficient (Wildman–Crippen LogP) is 3.11. The normalized spacial score (nSPS) is 16.3. The molecule has 0 fully saturated rings. The highest BCUT2D eigenvalue weighted by Gasteiger charge is 2.25. The maximum absolute atomic E-state index is 12.6. The van der Waals surface area contributed by atoms with Crippen LogP contribution in [0.2, 0.25) is 0 Å². The van der Waals surface area contributed by atoms with Gasteiger partial charge in [0, 0.05) is 17.4 Å². The number of anilines is 3. The van der Waals surface area contributed by atoms with Crippen molar-refractivity contribution in [3.63, 3.8) is 0 Å². The quantitative estimate of drug-likeness (QED) is 0.851. The van der Waals surface area contributed by atoms with Gasteiger partial charge in [-0.25, -0.2) is 0 Å². The fourth-order valence-corrected chi connectivity index (χ4v) is 3.06. The molecule has 0 radical (unpaired) electrons. The van der Waals surface area contributed by atoms with E-state index in [-0.39, 0.29) is 18.6 Å². The number of nitrogens with zero attached hydrogens (tertiary/aromatic N) is 1. The molecule has 1 unspecified atom stereocenters. The molecule has 0 bridgehead atoms. The minimum Gasteiger partial charge on any atom is -0.487 e. The van der Waals surface area contributed by atoms with Crippen molar-refractivity contribution in [1.82, 2.24) is 0 Å². The number of nitrogen functional groups attached to an aromatic ring is 1. The van der Waals surface area contributed by atoms with Crippen LogP contribution in [0.15, 0.2) is 36.4 Å². The molecule has 1 aliphatic rings. The van der Waals surface area contributed by atoms with Crippen LogP contribution in [0.3, 0.4) is 0 Å². The van der Waals surface area contributed by atoms with Crippen molar-refractivity contribution in [3.8, 4) is 5.75 Å². The van der Waals surface area contributed by atoms with E-state index in [2.05, 4.69) is 5.32 Å². The topological polar surface area (TPSA) is 67.6 Å². The Hall–Kier alpha value is -2.69. The van der Waals surface area contributed by atoms with Crippen LogP contribution in [-0.4, -0.2) is 25.1 Å². The zero-order chi connectivity index (χ0) is 17.3. The highest BCUT2D eigenvalue weighted by molar-refractivity contribution is 5.95. The number of ether oxygens (including phenoxy) is 1. The summed E-state index contributed by atoms with van der Waals surface area (Å²) in [5.41, 5.74) is 10.4. The van der Waals surface area contributed by atoms with Crippen molar-refractivity contribution in [2.75, 3.05) is 29.0 Å². The maximum Gasteiger partial charge on any atom is 0.243 e. The summed E-state index contributed by atoms with van der Waals surface area (Å²) in [7, 11) is 0. The van der Waals surface area contributed by atoms with Crippen LogP contribution in [0, 0.1) is 13.8 Å². The third kappa shape index (κ3) is 3.30. The van der Waals surface area contributed by atoms with E-state index < -0.39 is 0 Å². The Balaban J connectivity index is 1.78. The molecule has 2 aromatic carbocycles. The Labute approximate surface area is 142 Å². The lowest BCUT2D eigenvalue weighted by Crippen LogP contribution is -2.42. The molecule has 3 N–H and O–H groups in total. The Morgan fingerprint density at radius 2 is 2.00 bits per heavy atom. The molecule has 24 heavy (non-hydrogen) atoms. The molecule has 0 saturated carbocycles. The molecule has 0 aromatic heterocycles. The van der Waals surface area contributed by atoms with E-state index in [4.69, 9.17) is 10.5 Å². The molecular formula is C19H23N3O2. The third-order valence-electron chi connectivity index (χ3n) is 4.21. The van der Waals surface area contributed by atoms with E-state index in [0.717, 1.165) is 28.3 Å². The van der Waals surface area contributed by atoms with E-state index in [1.165, 1.54) is 0 Å². The number of para-hydroxylation sites is 1. The molecule has 1 aliphatic heterocycles. The van der Waals surface area contributed by atoms with Crippen molar-refractivity contribution >= 4 is 23.0 Å². The van der Waals surface area contributed by atoms with Crippen molar-refractivity contribution in [1.29, 1.82) is 0 Å². The number of hydrogen-bond donors (Lipinski definition) is 2. The fraction of sp³-hybridized carbons (Fsp3) is 0.316. The van der Waals surface area contributed by atoms with Gasteiger partial charge in [0.05, 0.1) is 18.8 Å². The monoisotopic (exact) mass is 325 g/mol. The number of fused-ring (bicyclic) bond motifs is 1. The fourth-order valence-electron chi connectivity index (χ4n) is 3.06. The summed E-state index contributed by atoms with van der Waals surface area (Å²) in [6, 6.07) is 11.5. The second-order valence-corrected chi connectivity index (χ2v) is 6.35. The molecule has 1 atom stereocenters. The van der Waals surface area contributed by atoms with Gasteiger partial charge in [0.2, 0.25) is 5.91 Å². The van der Waals surface area contributed by atoms with Gasteiger partial charge < -0.3 is 20.7 Å². The van der Waals surface area contributed by atoms with Crippen LogP contribution < -0.4 is 20.7 Å². The number of benzene rings is 2. The lowest BCUT2D eigenvalue weighted by Gasteiger charge is -2.34. The minimum absolute atomic E-state index is 0.00676. The van der Waals surface area contributed by atoms with Crippen molar-refractivity contribution < 1.29 is 9.53 Å². The maximum atomic E-state index is 12.6. The lowest BCUT2D eigenvalue weighted by molar-refractivity contribution is -0.115. The van der Waals surface area contributed by atoms with Crippen molar-refractivity contribution in [2.24, 2.45) is 0 Å². The molecule has 5 nitrogen and oxygen atoms in total. The number of rotatable bonds is 3. The van der Waals surface area contributed by atoms with Crippen LogP contribution in [0.4, 0.5) is 17.1 Å². The van der Waals surface area contributed by atoms with Gasteiger partial charge in [-0.3, -0.25) is 4.79 Å². The summed E-state index contributed by atoms with van der Waals surface area (Å²) in [4.78, 5) is 14.6. The second kappa shape index (κ2) is 6.43. The van der Waals surface area contributed by atoms with E-state index in [1.807, 2.05) is 56.0 Å². The number of carbonyl (C=O) groups excluding carboxylic acids is 1. The summed E-state index contributed by atoms with van der Waals surface area (Å²) in [5.74, 6) is 0.692. The molecule has 0 aliphatic carbocycles. The zero-order valence-corrected chi connectivity index (χ0v) is 14.3. The Kier molecular flexibility index (Phi) is 4.34. The number of amides is 1. The van der Waals surface area contributed by atoms with Crippen molar-refractivity contribution in [3.05, 3.63) is 47.5 Å². The molecule has 5 heteroatoms. The van der Waals surface area contributed by atoms with Crippen LogP contribution in [0.25, 0.3) is 0 Å². The van der Waals surface area contributed by atoms with E-state index in [9.17, 15) is 4.79 Å². The standard InChI is InChI=1S/C19H23N3O2/c1-12-5-4-6-13(2)19(12)21-18(23)11-22-10-14(3)24-17-9-15(20)7-8-16(17)22/h4-9,14H,10-11,20H2,1-3H3,(H,21,23). The van der Waals surface area contributed by atoms with E-state index in [1.54, 1.807) is 6.07 Å². The van der Waals surface area contributed by atoms with Crippen LogP contribution >= 0.6 is 0 Å². The molecular weight excluding hydrogens is 302 g/mol. The van der Waals surface area contributed by atoms with Gasteiger partial charge in [-0.05, 0) is 44.0 Å². The van der Waals surface area contributed by atoms with Crippen LogP contribution in [0.5, 0.6) is 5.75 Å². The number of nitrogens with two attached hydrogens (primary N) is 1.